The van der Waals surface area contributed by atoms with Crippen LogP contribution in [-0.4, -0.2) is 11.9 Å². The first-order valence-corrected chi connectivity index (χ1v) is 9.90. The summed E-state index contributed by atoms with van der Waals surface area (Å²) in [7, 11) is 0. The first-order chi connectivity index (χ1) is 13.1. The molecule has 0 saturated carbocycles. The summed E-state index contributed by atoms with van der Waals surface area (Å²) in [6, 6.07) is 13.1. The summed E-state index contributed by atoms with van der Waals surface area (Å²) >= 11 is 3.56. The van der Waals surface area contributed by atoms with Crippen molar-refractivity contribution in [3.8, 4) is 11.5 Å². The van der Waals surface area contributed by atoms with Gasteiger partial charge in [-0.25, -0.2) is 0 Å². The Morgan fingerprint density at radius 3 is 1.89 bits per heavy atom. The van der Waals surface area contributed by atoms with Gasteiger partial charge in [0.1, 0.15) is 11.5 Å². The first kappa shape index (κ1) is 19.4. The number of esters is 2. The third-order valence-electron chi connectivity index (χ3n) is 4.24. The summed E-state index contributed by atoms with van der Waals surface area (Å²) in [4.78, 5) is 24.4. The van der Waals surface area contributed by atoms with Crippen LogP contribution in [0.2, 0.25) is 0 Å². The predicted molar refractivity (Wildman–Crippen MR) is 110 cm³/mol. The van der Waals surface area contributed by atoms with Gasteiger partial charge in [0, 0.05) is 38.9 Å². The van der Waals surface area contributed by atoms with Gasteiger partial charge in [0.15, 0.2) is 0 Å². The largest absolute Gasteiger partial charge is 0.425 e. The van der Waals surface area contributed by atoms with Crippen molar-refractivity contribution >= 4 is 49.4 Å². The second kappa shape index (κ2) is 8.53. The SMILES string of the molecule is CCCC(=O)Oc1c2ccccc2c(OC(=O)CCC)c2c(Br)cccc12. The molecule has 0 fully saturated rings. The van der Waals surface area contributed by atoms with E-state index in [9.17, 15) is 9.59 Å². The normalized spacial score (nSPS) is 10.9. The molecular weight excluding hydrogens is 408 g/mol. The molecule has 3 rings (SSSR count). The summed E-state index contributed by atoms with van der Waals surface area (Å²) in [6.45, 7) is 3.87. The van der Waals surface area contributed by atoms with Crippen molar-refractivity contribution in [2.45, 2.75) is 39.5 Å². The highest BCUT2D eigenvalue weighted by Crippen LogP contribution is 2.45. The van der Waals surface area contributed by atoms with E-state index in [-0.39, 0.29) is 11.9 Å². The molecule has 0 N–H and O–H groups in total. The van der Waals surface area contributed by atoms with E-state index < -0.39 is 0 Å². The molecule has 0 saturated heterocycles. The fourth-order valence-corrected chi connectivity index (χ4v) is 3.60. The molecule has 0 heterocycles. The number of fused-ring (bicyclic) bond motifs is 2. The molecule has 0 aliphatic heterocycles. The topological polar surface area (TPSA) is 52.6 Å². The van der Waals surface area contributed by atoms with E-state index in [4.69, 9.17) is 9.47 Å². The fourth-order valence-electron chi connectivity index (χ4n) is 3.06. The summed E-state index contributed by atoms with van der Waals surface area (Å²) < 4.78 is 12.3. The zero-order valence-electron chi connectivity index (χ0n) is 15.4. The number of hydrogen-bond donors (Lipinski definition) is 0. The fraction of sp³-hybridized carbons (Fsp3) is 0.273. The molecule has 0 aliphatic carbocycles. The highest BCUT2D eigenvalue weighted by molar-refractivity contribution is 9.10. The van der Waals surface area contributed by atoms with Crippen LogP contribution in [0.1, 0.15) is 39.5 Å². The highest BCUT2D eigenvalue weighted by Gasteiger charge is 2.21. The van der Waals surface area contributed by atoms with E-state index in [0.717, 1.165) is 26.0 Å². The molecule has 27 heavy (non-hydrogen) atoms. The van der Waals surface area contributed by atoms with Crippen LogP contribution in [0.5, 0.6) is 11.5 Å². The van der Waals surface area contributed by atoms with Crippen molar-refractivity contribution in [1.82, 2.24) is 0 Å². The zero-order chi connectivity index (χ0) is 19.4. The second-order valence-corrected chi connectivity index (χ2v) is 7.17. The molecule has 140 valence electrons. The molecule has 0 aliphatic rings. The Balaban J connectivity index is 2.31. The number of rotatable bonds is 6. The standard InChI is InChI=1S/C22H21BrO4/c1-3-8-18(24)26-21-14-10-5-6-11-15(14)22(27-19(25)9-4-2)20-16(21)12-7-13-17(20)23/h5-7,10-13H,3-4,8-9H2,1-2H3. The molecular formula is C22H21BrO4. The third-order valence-corrected chi connectivity index (χ3v) is 4.90. The predicted octanol–water partition coefficient (Wildman–Crippen LogP) is 6.17. The lowest BCUT2D eigenvalue weighted by Crippen LogP contribution is -2.10. The summed E-state index contributed by atoms with van der Waals surface area (Å²) in [6.07, 6.45) is 2.11. The van der Waals surface area contributed by atoms with Gasteiger partial charge < -0.3 is 9.47 Å². The minimum absolute atomic E-state index is 0.278. The number of benzene rings is 3. The van der Waals surface area contributed by atoms with Crippen LogP contribution >= 0.6 is 15.9 Å². The molecule has 0 bridgehead atoms. The molecule has 3 aromatic carbocycles. The van der Waals surface area contributed by atoms with Crippen LogP contribution in [0.25, 0.3) is 21.5 Å². The van der Waals surface area contributed by atoms with E-state index in [0.29, 0.717) is 37.2 Å². The Bertz CT molecular complexity index is 1010. The average Bonchev–Trinajstić information content (AvgIpc) is 2.65. The van der Waals surface area contributed by atoms with E-state index in [1.165, 1.54) is 0 Å². The Kier molecular flexibility index (Phi) is 6.11. The van der Waals surface area contributed by atoms with Gasteiger partial charge in [0.2, 0.25) is 0 Å². The molecule has 4 nitrogen and oxygen atoms in total. The molecule has 5 heteroatoms. The maximum atomic E-state index is 12.2. The Morgan fingerprint density at radius 2 is 1.30 bits per heavy atom. The van der Waals surface area contributed by atoms with Crippen LogP contribution in [0.15, 0.2) is 46.9 Å². The maximum absolute atomic E-state index is 12.2. The summed E-state index contributed by atoms with van der Waals surface area (Å²) in [5, 5.41) is 2.93. The minimum Gasteiger partial charge on any atom is -0.425 e. The number of carbonyl (C=O) groups is 2. The first-order valence-electron chi connectivity index (χ1n) is 9.11. The number of ether oxygens (including phenoxy) is 2. The third kappa shape index (κ3) is 3.98. The maximum Gasteiger partial charge on any atom is 0.311 e. The van der Waals surface area contributed by atoms with E-state index in [1.807, 2.05) is 56.3 Å². The monoisotopic (exact) mass is 428 g/mol. The summed E-state index contributed by atoms with van der Waals surface area (Å²) in [5.41, 5.74) is 0. The minimum atomic E-state index is -0.282. The number of hydrogen-bond acceptors (Lipinski definition) is 4. The van der Waals surface area contributed by atoms with Gasteiger partial charge in [0.25, 0.3) is 0 Å². The van der Waals surface area contributed by atoms with Gasteiger partial charge in [-0.3, -0.25) is 9.59 Å². The van der Waals surface area contributed by atoms with E-state index in [1.54, 1.807) is 0 Å². The lowest BCUT2D eigenvalue weighted by Gasteiger charge is -2.17. The van der Waals surface area contributed by atoms with Gasteiger partial charge >= 0.3 is 11.9 Å². The van der Waals surface area contributed by atoms with Gasteiger partial charge in [-0.15, -0.1) is 0 Å². The number of carbonyl (C=O) groups excluding carboxylic acids is 2. The Labute approximate surface area is 166 Å². The van der Waals surface area contributed by atoms with Crippen molar-refractivity contribution in [2.24, 2.45) is 0 Å². The van der Waals surface area contributed by atoms with E-state index in [2.05, 4.69) is 15.9 Å². The molecule has 0 spiro atoms. The average molecular weight is 429 g/mol. The number of halogens is 1. The molecule has 0 radical (unpaired) electrons. The second-order valence-electron chi connectivity index (χ2n) is 6.31. The Hall–Kier alpha value is -2.40. The molecule has 0 aromatic heterocycles. The van der Waals surface area contributed by atoms with Crippen LogP contribution in [0.4, 0.5) is 0 Å². The Morgan fingerprint density at radius 1 is 0.778 bits per heavy atom. The molecule has 0 amide bonds. The van der Waals surface area contributed by atoms with Gasteiger partial charge in [-0.1, -0.05) is 66.2 Å². The van der Waals surface area contributed by atoms with Crippen molar-refractivity contribution < 1.29 is 19.1 Å². The van der Waals surface area contributed by atoms with Crippen LogP contribution in [0, 0.1) is 0 Å². The van der Waals surface area contributed by atoms with Gasteiger partial charge in [0.05, 0.1) is 0 Å². The lowest BCUT2D eigenvalue weighted by molar-refractivity contribution is -0.135. The van der Waals surface area contributed by atoms with Crippen LogP contribution in [-0.2, 0) is 9.59 Å². The van der Waals surface area contributed by atoms with Gasteiger partial charge in [-0.2, -0.15) is 0 Å². The van der Waals surface area contributed by atoms with Crippen molar-refractivity contribution in [3.05, 3.63) is 46.9 Å². The summed E-state index contributed by atoms with van der Waals surface area (Å²) in [5.74, 6) is 0.424. The molecule has 0 atom stereocenters. The molecule has 3 aromatic rings. The molecule has 0 unspecified atom stereocenters. The lowest BCUT2D eigenvalue weighted by atomic mass is 10.0. The quantitative estimate of drug-likeness (QED) is 0.267. The van der Waals surface area contributed by atoms with Crippen molar-refractivity contribution in [2.75, 3.05) is 0 Å². The van der Waals surface area contributed by atoms with Crippen LogP contribution in [0.3, 0.4) is 0 Å². The van der Waals surface area contributed by atoms with Crippen molar-refractivity contribution in [1.29, 1.82) is 0 Å². The zero-order valence-corrected chi connectivity index (χ0v) is 17.0. The van der Waals surface area contributed by atoms with Gasteiger partial charge in [-0.05, 0) is 18.9 Å². The van der Waals surface area contributed by atoms with E-state index >= 15 is 0 Å². The smallest absolute Gasteiger partial charge is 0.311 e. The highest BCUT2D eigenvalue weighted by atomic mass is 79.9. The van der Waals surface area contributed by atoms with Crippen LogP contribution < -0.4 is 9.47 Å². The van der Waals surface area contributed by atoms with Crippen molar-refractivity contribution in [3.63, 3.8) is 0 Å².